The highest BCUT2D eigenvalue weighted by molar-refractivity contribution is 6.00. The topological polar surface area (TPSA) is 171 Å². The van der Waals surface area contributed by atoms with Gasteiger partial charge in [0.1, 0.15) is 37.0 Å². The van der Waals surface area contributed by atoms with E-state index in [1.54, 1.807) is 0 Å². The lowest BCUT2D eigenvalue weighted by molar-refractivity contribution is -0.0221. The predicted molar refractivity (Wildman–Crippen MR) is 73.6 cm³/mol. The van der Waals surface area contributed by atoms with Crippen molar-refractivity contribution in [2.24, 2.45) is 5.73 Å². The maximum Gasteiger partial charge on any atom is 0.320 e. The minimum atomic E-state index is -1.30. The first-order chi connectivity index (χ1) is 10.5. The molecule has 2 aliphatic heterocycles. The number of fused-ring (bicyclic) bond motifs is 1. The number of amides is 2. The molecule has 3 heterocycles. The third kappa shape index (κ3) is 2.02. The van der Waals surface area contributed by atoms with Gasteiger partial charge in [-0.05, 0) is 0 Å². The summed E-state index contributed by atoms with van der Waals surface area (Å²) < 4.78 is 5.44. The van der Waals surface area contributed by atoms with Gasteiger partial charge in [-0.1, -0.05) is 0 Å². The summed E-state index contributed by atoms with van der Waals surface area (Å²) in [6.07, 6.45) is -3.31. The number of nitrogen functional groups attached to an aromatic ring is 1. The average molecular weight is 312 g/mol. The van der Waals surface area contributed by atoms with Crippen LogP contribution in [-0.2, 0) is 4.74 Å². The number of aromatic nitrogens is 2. The number of anilines is 3. The van der Waals surface area contributed by atoms with Crippen LogP contribution in [0.1, 0.15) is 0 Å². The summed E-state index contributed by atoms with van der Waals surface area (Å²) in [6.45, 7) is -0.527. The van der Waals surface area contributed by atoms with Crippen LogP contribution in [0, 0.1) is 0 Å². The molecule has 0 spiro atoms. The van der Waals surface area contributed by atoms with Crippen molar-refractivity contribution in [2.75, 3.05) is 28.8 Å². The van der Waals surface area contributed by atoms with Crippen LogP contribution in [0.5, 0.6) is 0 Å². The molecule has 1 aromatic heterocycles. The van der Waals surface area contributed by atoms with E-state index in [9.17, 15) is 15.0 Å². The zero-order valence-corrected chi connectivity index (χ0v) is 11.4. The standard InChI is InChI=1S/C11H16N6O5/c12-8-5-9(15-2-14-8)17(3-16(5)11(13)21)10-7(20)6(19)4(1-18)22-10/h2,4,6-7,10,18-20H,1,3H2,(H2,13,21)(H2,12,14,15)/t4-,6?,7?,10-/m1/s1. The van der Waals surface area contributed by atoms with Gasteiger partial charge < -0.3 is 36.4 Å². The molecule has 0 saturated carbocycles. The summed E-state index contributed by atoms with van der Waals surface area (Å²) in [5, 5.41) is 29.1. The number of aliphatic hydroxyl groups excluding tert-OH is 3. The Balaban J connectivity index is 1.98. The maximum absolute atomic E-state index is 11.6. The van der Waals surface area contributed by atoms with Gasteiger partial charge in [-0.2, -0.15) is 0 Å². The average Bonchev–Trinajstić information content (AvgIpc) is 3.00. The number of carbonyl (C=O) groups is 1. The summed E-state index contributed by atoms with van der Waals surface area (Å²) >= 11 is 0. The van der Waals surface area contributed by atoms with Gasteiger partial charge in [0.15, 0.2) is 17.9 Å². The van der Waals surface area contributed by atoms with Crippen molar-refractivity contribution in [3.8, 4) is 0 Å². The van der Waals surface area contributed by atoms with E-state index in [4.69, 9.17) is 21.3 Å². The van der Waals surface area contributed by atoms with E-state index in [-0.39, 0.29) is 24.0 Å². The Morgan fingerprint density at radius 1 is 1.41 bits per heavy atom. The van der Waals surface area contributed by atoms with Crippen molar-refractivity contribution in [1.82, 2.24) is 9.97 Å². The zero-order valence-electron chi connectivity index (χ0n) is 11.4. The van der Waals surface area contributed by atoms with Crippen LogP contribution in [0.4, 0.5) is 22.1 Å². The molecule has 2 unspecified atom stereocenters. The fourth-order valence-corrected chi connectivity index (χ4v) is 2.66. The number of aliphatic hydroxyl groups is 3. The number of rotatable bonds is 2. The Morgan fingerprint density at radius 2 is 2.14 bits per heavy atom. The van der Waals surface area contributed by atoms with Crippen LogP contribution in [0.3, 0.4) is 0 Å². The van der Waals surface area contributed by atoms with Crippen molar-refractivity contribution in [1.29, 1.82) is 0 Å². The van der Waals surface area contributed by atoms with Gasteiger partial charge in [-0.15, -0.1) is 0 Å². The number of hydrogen-bond acceptors (Lipinski definition) is 9. The molecular formula is C11H16N6O5. The molecule has 1 fully saturated rings. The molecule has 4 atom stereocenters. The Bertz CT molecular complexity index is 600. The third-order valence-corrected chi connectivity index (χ3v) is 3.76. The van der Waals surface area contributed by atoms with Crippen molar-refractivity contribution in [3.05, 3.63) is 6.33 Å². The fraction of sp³-hybridized carbons (Fsp3) is 0.545. The van der Waals surface area contributed by atoms with Gasteiger partial charge in [0.25, 0.3) is 0 Å². The SMILES string of the molecule is NC(=O)N1CN([C@@H]2O[C@H](CO)C(O)C2O)c2ncnc(N)c21. The molecule has 2 amide bonds. The smallest absolute Gasteiger partial charge is 0.320 e. The Labute approximate surface area is 124 Å². The van der Waals surface area contributed by atoms with Crippen LogP contribution >= 0.6 is 0 Å². The lowest BCUT2D eigenvalue weighted by atomic mass is 10.1. The second-order valence-corrected chi connectivity index (χ2v) is 5.04. The summed E-state index contributed by atoms with van der Waals surface area (Å²) in [5.41, 5.74) is 11.3. The number of nitrogens with zero attached hydrogens (tertiary/aromatic N) is 4. The second kappa shape index (κ2) is 5.21. The molecule has 3 rings (SSSR count). The molecule has 1 aromatic rings. The highest BCUT2D eigenvalue weighted by Crippen LogP contribution is 2.40. The Hall–Kier alpha value is -2.21. The fourth-order valence-electron chi connectivity index (χ4n) is 2.66. The molecule has 0 bridgehead atoms. The van der Waals surface area contributed by atoms with Crippen molar-refractivity contribution in [2.45, 2.75) is 24.5 Å². The van der Waals surface area contributed by atoms with Crippen LogP contribution in [0.15, 0.2) is 6.33 Å². The number of nitrogens with two attached hydrogens (primary N) is 2. The first-order valence-corrected chi connectivity index (χ1v) is 6.52. The highest BCUT2D eigenvalue weighted by Gasteiger charge is 2.49. The van der Waals surface area contributed by atoms with E-state index >= 15 is 0 Å². The van der Waals surface area contributed by atoms with Crippen molar-refractivity contribution < 1.29 is 24.9 Å². The molecule has 7 N–H and O–H groups in total. The molecule has 2 aliphatic rings. The first-order valence-electron chi connectivity index (χ1n) is 6.52. The summed E-state index contributed by atoms with van der Waals surface area (Å²) in [6, 6.07) is -0.767. The van der Waals surface area contributed by atoms with Gasteiger partial charge in [0.2, 0.25) is 0 Å². The molecule has 0 radical (unpaired) electrons. The molecule has 0 aliphatic carbocycles. The van der Waals surface area contributed by atoms with E-state index in [0.717, 1.165) is 4.90 Å². The Morgan fingerprint density at radius 3 is 2.73 bits per heavy atom. The highest BCUT2D eigenvalue weighted by atomic mass is 16.6. The first kappa shape index (κ1) is 14.7. The van der Waals surface area contributed by atoms with E-state index in [2.05, 4.69) is 9.97 Å². The van der Waals surface area contributed by atoms with Gasteiger partial charge in [-0.25, -0.2) is 14.8 Å². The number of hydrogen-bond donors (Lipinski definition) is 5. The minimum absolute atomic E-state index is 0.0537. The number of ether oxygens (including phenoxy) is 1. The monoisotopic (exact) mass is 312 g/mol. The van der Waals surface area contributed by atoms with Crippen LogP contribution in [-0.4, -0.2) is 69.1 Å². The quantitative estimate of drug-likeness (QED) is 0.385. The molecule has 0 aromatic carbocycles. The van der Waals surface area contributed by atoms with E-state index in [0.29, 0.717) is 0 Å². The molecule has 11 nitrogen and oxygen atoms in total. The summed E-state index contributed by atoms with van der Waals surface area (Å²) in [7, 11) is 0. The molecule has 1 saturated heterocycles. The largest absolute Gasteiger partial charge is 0.394 e. The number of carbonyl (C=O) groups excluding carboxylic acids is 1. The summed E-state index contributed by atoms with van der Waals surface area (Å²) in [5.74, 6) is 0.305. The predicted octanol–water partition coefficient (Wildman–Crippen LogP) is -2.84. The normalized spacial score (nSPS) is 30.7. The lowest BCUT2D eigenvalue weighted by Gasteiger charge is -2.27. The lowest BCUT2D eigenvalue weighted by Crippen LogP contribution is -2.48. The third-order valence-electron chi connectivity index (χ3n) is 3.76. The van der Waals surface area contributed by atoms with Crippen LogP contribution in [0.25, 0.3) is 0 Å². The zero-order chi connectivity index (χ0) is 16.0. The minimum Gasteiger partial charge on any atom is -0.394 e. The van der Waals surface area contributed by atoms with Crippen LogP contribution in [0.2, 0.25) is 0 Å². The molecular weight excluding hydrogens is 296 g/mol. The van der Waals surface area contributed by atoms with Gasteiger partial charge in [0, 0.05) is 0 Å². The molecule has 120 valence electrons. The summed E-state index contributed by atoms with van der Waals surface area (Å²) in [4.78, 5) is 22.0. The van der Waals surface area contributed by atoms with Gasteiger partial charge in [-0.3, -0.25) is 4.90 Å². The number of urea groups is 1. The van der Waals surface area contributed by atoms with Gasteiger partial charge in [0.05, 0.1) is 6.61 Å². The maximum atomic E-state index is 11.6. The molecule has 11 heteroatoms. The van der Waals surface area contributed by atoms with E-state index < -0.39 is 37.2 Å². The number of primary amides is 1. The van der Waals surface area contributed by atoms with Gasteiger partial charge >= 0.3 is 6.03 Å². The Kier molecular flexibility index (Phi) is 3.48. The van der Waals surface area contributed by atoms with E-state index in [1.165, 1.54) is 11.2 Å². The van der Waals surface area contributed by atoms with Crippen LogP contribution < -0.4 is 21.3 Å². The van der Waals surface area contributed by atoms with E-state index in [1.807, 2.05) is 0 Å². The molecule has 22 heavy (non-hydrogen) atoms. The van der Waals surface area contributed by atoms with Crippen molar-refractivity contribution >= 4 is 23.4 Å². The van der Waals surface area contributed by atoms with Crippen molar-refractivity contribution in [3.63, 3.8) is 0 Å². The second-order valence-electron chi connectivity index (χ2n) is 5.04.